The third kappa shape index (κ3) is 5.11. The van der Waals surface area contributed by atoms with E-state index in [9.17, 15) is 4.79 Å². The van der Waals surface area contributed by atoms with E-state index in [1.807, 2.05) is 0 Å². The number of rotatable bonds is 8. The number of hydrogen-bond acceptors (Lipinski definition) is 3. The van der Waals surface area contributed by atoms with Gasteiger partial charge in [-0.2, -0.15) is 0 Å². The first-order valence-electron chi connectivity index (χ1n) is 7.84. The molecule has 1 saturated heterocycles. The number of nitrogens with two attached hydrogens (primary N) is 1. The van der Waals surface area contributed by atoms with Crippen molar-refractivity contribution in [1.29, 1.82) is 0 Å². The summed E-state index contributed by atoms with van der Waals surface area (Å²) in [7, 11) is 0. The lowest BCUT2D eigenvalue weighted by atomic mass is 10.0. The van der Waals surface area contributed by atoms with Gasteiger partial charge in [0, 0.05) is 25.6 Å². The Kier molecular flexibility index (Phi) is 7.39. The van der Waals surface area contributed by atoms with Gasteiger partial charge >= 0.3 is 0 Å². The highest BCUT2D eigenvalue weighted by Gasteiger charge is 2.28. The molecule has 1 fully saturated rings. The van der Waals surface area contributed by atoms with Crippen LogP contribution in [0.2, 0.25) is 0 Å². The Balaban J connectivity index is 2.31. The minimum atomic E-state index is 0.332. The molecular weight excluding hydrogens is 238 g/mol. The van der Waals surface area contributed by atoms with Crippen LogP contribution in [0.3, 0.4) is 0 Å². The van der Waals surface area contributed by atoms with Crippen molar-refractivity contribution in [2.24, 2.45) is 11.7 Å². The second-order valence-electron chi connectivity index (χ2n) is 5.72. The van der Waals surface area contributed by atoms with Crippen LogP contribution in [0.25, 0.3) is 0 Å². The first kappa shape index (κ1) is 16.4. The van der Waals surface area contributed by atoms with Crippen molar-refractivity contribution in [2.75, 3.05) is 32.7 Å². The normalized spacial score (nSPS) is 21.1. The Morgan fingerprint density at radius 2 is 2.05 bits per heavy atom. The zero-order valence-corrected chi connectivity index (χ0v) is 12.9. The van der Waals surface area contributed by atoms with Gasteiger partial charge in [-0.05, 0) is 44.8 Å². The lowest BCUT2D eigenvalue weighted by Gasteiger charge is -2.26. The smallest absolute Gasteiger partial charge is 0.222 e. The number of carbonyl (C=O) groups excluding carboxylic acids is 1. The molecule has 0 spiro atoms. The van der Waals surface area contributed by atoms with E-state index in [0.717, 1.165) is 52.0 Å². The van der Waals surface area contributed by atoms with Crippen molar-refractivity contribution >= 4 is 5.91 Å². The molecule has 0 aromatic heterocycles. The molecule has 1 aliphatic rings. The Bertz CT molecular complexity index is 266. The third-order valence-corrected chi connectivity index (χ3v) is 4.36. The fourth-order valence-electron chi connectivity index (χ4n) is 2.96. The van der Waals surface area contributed by atoms with Crippen LogP contribution in [0, 0.1) is 5.92 Å². The van der Waals surface area contributed by atoms with E-state index >= 15 is 0 Å². The summed E-state index contributed by atoms with van der Waals surface area (Å²) < 4.78 is 0. The summed E-state index contributed by atoms with van der Waals surface area (Å²) >= 11 is 0. The Labute approximate surface area is 118 Å². The molecule has 4 nitrogen and oxygen atoms in total. The van der Waals surface area contributed by atoms with Gasteiger partial charge in [0.05, 0.1) is 0 Å². The second-order valence-corrected chi connectivity index (χ2v) is 5.72. The van der Waals surface area contributed by atoms with Crippen LogP contribution in [-0.4, -0.2) is 54.5 Å². The highest BCUT2D eigenvalue weighted by molar-refractivity contribution is 5.76. The van der Waals surface area contributed by atoms with Crippen molar-refractivity contribution in [3.05, 3.63) is 0 Å². The molecule has 1 rings (SSSR count). The molecule has 2 atom stereocenters. The van der Waals surface area contributed by atoms with Crippen molar-refractivity contribution in [1.82, 2.24) is 9.80 Å². The van der Waals surface area contributed by atoms with Crippen molar-refractivity contribution < 1.29 is 4.79 Å². The van der Waals surface area contributed by atoms with E-state index in [2.05, 4.69) is 30.6 Å². The Hall–Kier alpha value is -0.610. The van der Waals surface area contributed by atoms with Crippen molar-refractivity contribution in [2.45, 2.75) is 52.5 Å². The molecule has 0 bridgehead atoms. The van der Waals surface area contributed by atoms with Crippen LogP contribution < -0.4 is 5.73 Å². The number of likely N-dealkylation sites (tertiary alicyclic amines) is 1. The predicted molar refractivity (Wildman–Crippen MR) is 80.0 cm³/mol. The van der Waals surface area contributed by atoms with Gasteiger partial charge in [-0.3, -0.25) is 9.69 Å². The number of hydrogen-bond donors (Lipinski definition) is 1. The van der Waals surface area contributed by atoms with Crippen molar-refractivity contribution in [3.63, 3.8) is 0 Å². The predicted octanol–water partition coefficient (Wildman–Crippen LogP) is 1.69. The highest BCUT2D eigenvalue weighted by atomic mass is 16.2. The molecule has 0 aromatic carbocycles. The molecule has 0 aromatic rings. The summed E-state index contributed by atoms with van der Waals surface area (Å²) in [6, 6.07) is 0.570. The van der Waals surface area contributed by atoms with E-state index in [1.54, 1.807) is 0 Å². The lowest BCUT2D eigenvalue weighted by Crippen LogP contribution is -2.38. The zero-order chi connectivity index (χ0) is 14.3. The fraction of sp³-hybridized carbons (Fsp3) is 0.933. The fourth-order valence-corrected chi connectivity index (χ4v) is 2.96. The number of likely N-dealkylation sites (N-methyl/N-ethyl adjacent to an activating group) is 1. The average molecular weight is 269 g/mol. The maximum Gasteiger partial charge on any atom is 0.222 e. The van der Waals surface area contributed by atoms with Crippen molar-refractivity contribution in [3.8, 4) is 0 Å². The molecule has 2 unspecified atom stereocenters. The molecule has 2 N–H and O–H groups in total. The van der Waals surface area contributed by atoms with E-state index in [1.165, 1.54) is 0 Å². The summed E-state index contributed by atoms with van der Waals surface area (Å²) in [4.78, 5) is 16.7. The minimum Gasteiger partial charge on any atom is -0.341 e. The molecule has 4 heteroatoms. The molecule has 112 valence electrons. The van der Waals surface area contributed by atoms with Crippen LogP contribution in [0.15, 0.2) is 0 Å². The maximum absolute atomic E-state index is 12.2. The monoisotopic (exact) mass is 269 g/mol. The SMILES string of the molecule is CCN(CC)C1CCN(C(=O)CCC(C)CCN)C1. The van der Waals surface area contributed by atoms with E-state index in [0.29, 0.717) is 24.3 Å². The molecule has 19 heavy (non-hydrogen) atoms. The average Bonchev–Trinajstić information content (AvgIpc) is 2.87. The summed E-state index contributed by atoms with van der Waals surface area (Å²) in [6.07, 6.45) is 3.82. The van der Waals surface area contributed by atoms with E-state index < -0.39 is 0 Å². The van der Waals surface area contributed by atoms with Gasteiger partial charge in [-0.15, -0.1) is 0 Å². The van der Waals surface area contributed by atoms with E-state index in [4.69, 9.17) is 5.73 Å². The standard InChI is InChI=1S/C15H31N3O/c1-4-17(5-2)14-9-11-18(12-14)15(19)7-6-13(3)8-10-16/h13-14H,4-12,16H2,1-3H3. The summed E-state index contributed by atoms with van der Waals surface area (Å²) in [5.41, 5.74) is 5.54. The van der Waals surface area contributed by atoms with Gasteiger partial charge in [-0.1, -0.05) is 20.8 Å². The van der Waals surface area contributed by atoms with Crippen LogP contribution in [-0.2, 0) is 4.79 Å². The van der Waals surface area contributed by atoms with Gasteiger partial charge in [0.1, 0.15) is 0 Å². The third-order valence-electron chi connectivity index (χ3n) is 4.36. The number of carbonyl (C=O) groups is 1. The molecule has 0 radical (unpaired) electrons. The number of amides is 1. The summed E-state index contributed by atoms with van der Waals surface area (Å²) in [5, 5.41) is 0. The first-order chi connectivity index (χ1) is 9.12. The van der Waals surface area contributed by atoms with Gasteiger partial charge < -0.3 is 10.6 Å². The van der Waals surface area contributed by atoms with E-state index in [-0.39, 0.29) is 0 Å². The molecule has 1 aliphatic heterocycles. The molecule has 1 heterocycles. The minimum absolute atomic E-state index is 0.332. The molecular formula is C15H31N3O. The van der Waals surface area contributed by atoms with Crippen LogP contribution in [0.1, 0.15) is 46.5 Å². The molecule has 0 saturated carbocycles. The lowest BCUT2D eigenvalue weighted by molar-refractivity contribution is -0.130. The Morgan fingerprint density at radius 1 is 1.37 bits per heavy atom. The van der Waals surface area contributed by atoms with Gasteiger partial charge in [0.15, 0.2) is 0 Å². The topological polar surface area (TPSA) is 49.6 Å². The highest BCUT2D eigenvalue weighted by Crippen LogP contribution is 2.18. The second kappa shape index (κ2) is 8.54. The van der Waals surface area contributed by atoms with Crippen LogP contribution in [0.5, 0.6) is 0 Å². The van der Waals surface area contributed by atoms with Gasteiger partial charge in [0.2, 0.25) is 5.91 Å². The zero-order valence-electron chi connectivity index (χ0n) is 12.9. The van der Waals surface area contributed by atoms with Crippen LogP contribution in [0.4, 0.5) is 0 Å². The maximum atomic E-state index is 12.2. The quantitative estimate of drug-likeness (QED) is 0.729. The summed E-state index contributed by atoms with van der Waals surface area (Å²) in [5.74, 6) is 0.897. The van der Waals surface area contributed by atoms with Gasteiger partial charge in [0.25, 0.3) is 0 Å². The van der Waals surface area contributed by atoms with Crippen LogP contribution >= 0.6 is 0 Å². The molecule has 0 aliphatic carbocycles. The largest absolute Gasteiger partial charge is 0.341 e. The summed E-state index contributed by atoms with van der Waals surface area (Å²) in [6.45, 7) is 11.3. The molecule has 1 amide bonds. The first-order valence-corrected chi connectivity index (χ1v) is 7.84. The van der Waals surface area contributed by atoms with Gasteiger partial charge in [-0.25, -0.2) is 0 Å². The Morgan fingerprint density at radius 3 is 2.63 bits per heavy atom. The number of nitrogens with zero attached hydrogens (tertiary/aromatic N) is 2.